The summed E-state index contributed by atoms with van der Waals surface area (Å²) in [6.07, 6.45) is 0.436. The number of rotatable bonds is 6. The Morgan fingerprint density at radius 2 is 1.86 bits per heavy atom. The first-order valence-electron chi connectivity index (χ1n) is 6.76. The Hall–Kier alpha value is -2.01. The number of hydrogen-bond donors (Lipinski definition) is 1. The maximum atomic E-state index is 12.2. The molecule has 0 aromatic heterocycles. The Kier molecular flexibility index (Phi) is 4.85. The van der Waals surface area contributed by atoms with Crippen molar-refractivity contribution in [1.82, 2.24) is 0 Å². The van der Waals surface area contributed by atoms with Crippen LogP contribution in [0.15, 0.2) is 53.4 Å². The van der Waals surface area contributed by atoms with E-state index in [1.54, 1.807) is 49.4 Å². The van der Waals surface area contributed by atoms with E-state index in [0.717, 1.165) is 5.56 Å². The number of benzene rings is 2. The Balaban J connectivity index is 1.90. The smallest absolute Gasteiger partial charge is 0.178 e. The highest BCUT2D eigenvalue weighted by Crippen LogP contribution is 2.18. The SMILES string of the molecule is Cc1ccccc1S(=O)(=O)CCCOc1cccc(N)c1. The molecule has 0 bridgehead atoms. The quantitative estimate of drug-likeness (QED) is 0.658. The first kappa shape index (κ1) is 15.4. The predicted molar refractivity (Wildman–Crippen MR) is 84.2 cm³/mol. The molecule has 0 aliphatic carbocycles. The molecule has 4 nitrogen and oxygen atoms in total. The molecule has 0 amide bonds. The summed E-state index contributed by atoms with van der Waals surface area (Å²) in [6, 6.07) is 14.1. The molecule has 0 fully saturated rings. The van der Waals surface area contributed by atoms with E-state index in [-0.39, 0.29) is 5.75 Å². The van der Waals surface area contributed by atoms with Gasteiger partial charge in [-0.2, -0.15) is 0 Å². The number of sulfone groups is 1. The van der Waals surface area contributed by atoms with Crippen LogP contribution in [0, 0.1) is 6.92 Å². The molecule has 2 rings (SSSR count). The van der Waals surface area contributed by atoms with Crippen molar-refractivity contribution in [2.24, 2.45) is 0 Å². The van der Waals surface area contributed by atoms with Crippen molar-refractivity contribution in [2.75, 3.05) is 18.1 Å². The van der Waals surface area contributed by atoms with Gasteiger partial charge in [0, 0.05) is 11.8 Å². The first-order valence-corrected chi connectivity index (χ1v) is 8.41. The zero-order chi connectivity index (χ0) is 15.3. The van der Waals surface area contributed by atoms with Crippen LogP contribution in [0.1, 0.15) is 12.0 Å². The molecule has 112 valence electrons. The second kappa shape index (κ2) is 6.63. The largest absolute Gasteiger partial charge is 0.493 e. The molecular formula is C16H19NO3S. The average molecular weight is 305 g/mol. The number of anilines is 1. The van der Waals surface area contributed by atoms with E-state index in [9.17, 15) is 8.42 Å². The molecule has 0 heterocycles. The highest BCUT2D eigenvalue weighted by atomic mass is 32.2. The van der Waals surface area contributed by atoms with Gasteiger partial charge in [0.1, 0.15) is 5.75 Å². The van der Waals surface area contributed by atoms with Gasteiger partial charge >= 0.3 is 0 Å². The molecule has 0 radical (unpaired) electrons. The van der Waals surface area contributed by atoms with Crippen LogP contribution in [0.5, 0.6) is 5.75 Å². The van der Waals surface area contributed by atoms with Gasteiger partial charge in [0.2, 0.25) is 0 Å². The van der Waals surface area contributed by atoms with Gasteiger partial charge in [0.25, 0.3) is 0 Å². The molecule has 0 saturated heterocycles. The molecule has 2 aromatic carbocycles. The van der Waals surface area contributed by atoms with Gasteiger partial charge in [-0.15, -0.1) is 0 Å². The second-order valence-corrected chi connectivity index (χ2v) is 6.94. The van der Waals surface area contributed by atoms with Crippen molar-refractivity contribution in [2.45, 2.75) is 18.2 Å². The fraction of sp³-hybridized carbons (Fsp3) is 0.250. The summed E-state index contributed by atoms with van der Waals surface area (Å²) in [5, 5.41) is 0. The van der Waals surface area contributed by atoms with Crippen LogP contribution in [-0.4, -0.2) is 20.8 Å². The lowest BCUT2D eigenvalue weighted by Gasteiger charge is -2.09. The zero-order valence-electron chi connectivity index (χ0n) is 12.0. The zero-order valence-corrected chi connectivity index (χ0v) is 12.8. The van der Waals surface area contributed by atoms with Crippen molar-refractivity contribution in [1.29, 1.82) is 0 Å². The van der Waals surface area contributed by atoms with Crippen LogP contribution >= 0.6 is 0 Å². The van der Waals surface area contributed by atoms with Gasteiger partial charge in [-0.1, -0.05) is 24.3 Å². The van der Waals surface area contributed by atoms with Crippen LogP contribution in [0.2, 0.25) is 0 Å². The maximum Gasteiger partial charge on any atom is 0.178 e. The van der Waals surface area contributed by atoms with E-state index in [0.29, 0.717) is 29.4 Å². The monoisotopic (exact) mass is 305 g/mol. The maximum absolute atomic E-state index is 12.2. The minimum absolute atomic E-state index is 0.0696. The molecule has 0 unspecified atom stereocenters. The lowest BCUT2D eigenvalue weighted by molar-refractivity contribution is 0.318. The molecule has 2 aromatic rings. The number of hydrogen-bond acceptors (Lipinski definition) is 4. The van der Waals surface area contributed by atoms with Gasteiger partial charge in [-0.25, -0.2) is 8.42 Å². The first-order chi connectivity index (χ1) is 9.99. The summed E-state index contributed by atoms with van der Waals surface area (Å²) in [6.45, 7) is 2.14. The highest BCUT2D eigenvalue weighted by Gasteiger charge is 2.15. The minimum atomic E-state index is -3.26. The molecule has 0 aliphatic heterocycles. The molecule has 2 N–H and O–H groups in total. The van der Waals surface area contributed by atoms with Gasteiger partial charge in [0.05, 0.1) is 17.3 Å². The van der Waals surface area contributed by atoms with Crippen LogP contribution < -0.4 is 10.5 Å². The highest BCUT2D eigenvalue weighted by molar-refractivity contribution is 7.91. The van der Waals surface area contributed by atoms with E-state index in [2.05, 4.69) is 0 Å². The third kappa shape index (κ3) is 4.23. The van der Waals surface area contributed by atoms with Crippen molar-refractivity contribution in [3.8, 4) is 5.75 Å². The van der Waals surface area contributed by atoms with Gasteiger partial charge in [-0.3, -0.25) is 0 Å². The summed E-state index contributed by atoms with van der Waals surface area (Å²) >= 11 is 0. The number of nitrogens with two attached hydrogens (primary N) is 1. The lowest BCUT2D eigenvalue weighted by Crippen LogP contribution is -2.11. The van der Waals surface area contributed by atoms with E-state index < -0.39 is 9.84 Å². The summed E-state index contributed by atoms with van der Waals surface area (Å²) in [5.74, 6) is 0.725. The second-order valence-electron chi connectivity index (χ2n) is 4.86. The predicted octanol–water partition coefficient (Wildman–Crippen LogP) is 2.82. The molecule has 5 heteroatoms. The summed E-state index contributed by atoms with van der Waals surface area (Å²) in [7, 11) is -3.26. The van der Waals surface area contributed by atoms with E-state index >= 15 is 0 Å². The Morgan fingerprint density at radius 3 is 2.57 bits per heavy atom. The fourth-order valence-electron chi connectivity index (χ4n) is 2.06. The normalized spacial score (nSPS) is 11.3. The summed E-state index contributed by atoms with van der Waals surface area (Å²) in [4.78, 5) is 0.397. The molecule has 0 spiro atoms. The minimum Gasteiger partial charge on any atom is -0.493 e. The van der Waals surface area contributed by atoms with Crippen molar-refractivity contribution in [3.63, 3.8) is 0 Å². The van der Waals surface area contributed by atoms with Gasteiger partial charge in [0.15, 0.2) is 9.84 Å². The summed E-state index contributed by atoms with van der Waals surface area (Å²) in [5.41, 5.74) is 7.05. The van der Waals surface area contributed by atoms with Crippen molar-refractivity contribution >= 4 is 15.5 Å². The topological polar surface area (TPSA) is 69.4 Å². The molecular weight excluding hydrogens is 286 g/mol. The van der Waals surface area contributed by atoms with Gasteiger partial charge < -0.3 is 10.5 Å². The van der Waals surface area contributed by atoms with Crippen molar-refractivity contribution < 1.29 is 13.2 Å². The van der Waals surface area contributed by atoms with Crippen molar-refractivity contribution in [3.05, 3.63) is 54.1 Å². The molecule has 0 atom stereocenters. The molecule has 0 saturated carbocycles. The van der Waals surface area contributed by atoms with Crippen LogP contribution in [-0.2, 0) is 9.84 Å². The third-order valence-corrected chi connectivity index (χ3v) is 5.07. The third-order valence-electron chi connectivity index (χ3n) is 3.11. The van der Waals surface area contributed by atoms with Crippen LogP contribution in [0.3, 0.4) is 0 Å². The number of aryl methyl sites for hydroxylation is 1. The van der Waals surface area contributed by atoms with E-state index in [4.69, 9.17) is 10.5 Å². The Morgan fingerprint density at radius 1 is 1.10 bits per heavy atom. The molecule has 21 heavy (non-hydrogen) atoms. The number of nitrogen functional groups attached to an aromatic ring is 1. The summed E-state index contributed by atoms with van der Waals surface area (Å²) < 4.78 is 30.0. The van der Waals surface area contributed by atoms with Crippen LogP contribution in [0.25, 0.3) is 0 Å². The van der Waals surface area contributed by atoms with E-state index in [1.165, 1.54) is 0 Å². The average Bonchev–Trinajstić information content (AvgIpc) is 2.44. The fourth-order valence-corrected chi connectivity index (χ4v) is 3.62. The lowest BCUT2D eigenvalue weighted by atomic mass is 10.2. The van der Waals surface area contributed by atoms with Gasteiger partial charge in [-0.05, 0) is 37.1 Å². The standard InChI is InChI=1S/C16H19NO3S/c1-13-6-2-3-9-16(13)21(18,19)11-5-10-20-15-8-4-7-14(17)12-15/h2-4,6-9,12H,5,10-11,17H2,1H3. The van der Waals surface area contributed by atoms with Crippen LogP contribution in [0.4, 0.5) is 5.69 Å². The number of ether oxygens (including phenoxy) is 1. The Labute approximate surface area is 125 Å². The molecule has 0 aliphatic rings. The van der Waals surface area contributed by atoms with E-state index in [1.807, 2.05) is 6.07 Å². The Bertz CT molecular complexity index is 711.